The van der Waals surface area contributed by atoms with Crippen molar-refractivity contribution < 1.29 is 19.4 Å². The molecule has 2 rings (SSSR count). The number of rotatable bonds is 5. The fourth-order valence-corrected chi connectivity index (χ4v) is 2.83. The number of methoxy groups -OCH3 is 1. The molecule has 1 saturated heterocycles. The highest BCUT2D eigenvalue weighted by Gasteiger charge is 2.37. The molecule has 6 nitrogen and oxygen atoms in total. The van der Waals surface area contributed by atoms with Gasteiger partial charge in [0.25, 0.3) is 0 Å². The Bertz CT molecular complexity index is 556. The number of ether oxygens (including phenoxy) is 2. The van der Waals surface area contributed by atoms with Crippen LogP contribution in [0.3, 0.4) is 0 Å². The second kappa shape index (κ2) is 7.85. The summed E-state index contributed by atoms with van der Waals surface area (Å²) in [5, 5.41) is 13.5. The van der Waals surface area contributed by atoms with Gasteiger partial charge in [-0.1, -0.05) is 18.2 Å². The van der Waals surface area contributed by atoms with E-state index in [-0.39, 0.29) is 12.1 Å². The predicted octanol–water partition coefficient (Wildman–Crippen LogP) is 2.16. The number of nitrogens with one attached hydrogen (secondary N) is 1. The van der Waals surface area contributed by atoms with Gasteiger partial charge < -0.3 is 24.8 Å². The third-order valence-electron chi connectivity index (χ3n) is 4.00. The van der Waals surface area contributed by atoms with Crippen LogP contribution in [0.2, 0.25) is 0 Å². The summed E-state index contributed by atoms with van der Waals surface area (Å²) in [6, 6.07) is 7.50. The van der Waals surface area contributed by atoms with E-state index in [2.05, 4.69) is 5.32 Å². The van der Waals surface area contributed by atoms with Crippen molar-refractivity contribution in [3.05, 3.63) is 29.8 Å². The third kappa shape index (κ3) is 4.85. The summed E-state index contributed by atoms with van der Waals surface area (Å²) in [7, 11) is 1.64. The molecule has 1 aromatic carbocycles. The molecule has 24 heavy (non-hydrogen) atoms. The van der Waals surface area contributed by atoms with E-state index in [0.29, 0.717) is 26.1 Å². The van der Waals surface area contributed by atoms with Crippen molar-refractivity contribution in [3.8, 4) is 5.75 Å². The molecule has 0 radical (unpaired) electrons. The third-order valence-corrected chi connectivity index (χ3v) is 4.00. The van der Waals surface area contributed by atoms with Crippen LogP contribution in [0, 0.1) is 0 Å². The molecule has 0 bridgehead atoms. The van der Waals surface area contributed by atoms with Crippen LogP contribution < -0.4 is 10.1 Å². The maximum Gasteiger partial charge on any atom is 0.410 e. The minimum atomic E-state index is -0.542. The Hall–Kier alpha value is -1.79. The van der Waals surface area contributed by atoms with Crippen LogP contribution in [0.5, 0.6) is 5.75 Å². The summed E-state index contributed by atoms with van der Waals surface area (Å²) in [6.45, 7) is 7.13. The van der Waals surface area contributed by atoms with E-state index in [4.69, 9.17) is 9.47 Å². The summed E-state index contributed by atoms with van der Waals surface area (Å²) < 4.78 is 10.8. The number of aliphatic hydroxyl groups is 1. The standard InChI is InChI=1S/C18H28N2O4/c1-18(2,3)24-17(22)20-10-9-15(21)14(20)12-19-11-13-7-5-6-8-16(13)23-4/h5-8,14-15,19,21H,9-12H2,1-4H3/t14-,15+/m1/s1. The molecule has 1 fully saturated rings. The highest BCUT2D eigenvalue weighted by molar-refractivity contribution is 5.69. The smallest absolute Gasteiger partial charge is 0.410 e. The molecule has 0 aromatic heterocycles. The lowest BCUT2D eigenvalue weighted by Gasteiger charge is -2.29. The van der Waals surface area contributed by atoms with Crippen LogP contribution in [-0.2, 0) is 11.3 Å². The van der Waals surface area contributed by atoms with Gasteiger partial charge in [0.1, 0.15) is 11.4 Å². The Labute approximate surface area is 143 Å². The number of nitrogens with zero attached hydrogens (tertiary/aromatic N) is 1. The van der Waals surface area contributed by atoms with Crippen molar-refractivity contribution in [2.24, 2.45) is 0 Å². The van der Waals surface area contributed by atoms with Crippen molar-refractivity contribution in [2.45, 2.75) is 51.5 Å². The Balaban J connectivity index is 1.93. The van der Waals surface area contributed by atoms with E-state index in [9.17, 15) is 9.90 Å². The highest BCUT2D eigenvalue weighted by atomic mass is 16.6. The molecular weight excluding hydrogens is 308 g/mol. The van der Waals surface area contributed by atoms with Crippen molar-refractivity contribution in [1.29, 1.82) is 0 Å². The normalized spacial score (nSPS) is 21.0. The molecule has 0 aliphatic carbocycles. The number of carbonyl (C=O) groups is 1. The van der Waals surface area contributed by atoms with E-state index < -0.39 is 11.7 Å². The fraction of sp³-hybridized carbons (Fsp3) is 0.611. The van der Waals surface area contributed by atoms with Gasteiger partial charge in [-0.05, 0) is 33.3 Å². The maximum absolute atomic E-state index is 12.3. The fourth-order valence-electron chi connectivity index (χ4n) is 2.83. The van der Waals surface area contributed by atoms with Crippen LogP contribution in [-0.4, -0.2) is 54.0 Å². The Morgan fingerprint density at radius 1 is 1.38 bits per heavy atom. The van der Waals surface area contributed by atoms with Gasteiger partial charge in [-0.25, -0.2) is 4.79 Å². The van der Waals surface area contributed by atoms with Gasteiger partial charge in [0.05, 0.1) is 19.3 Å². The van der Waals surface area contributed by atoms with Crippen molar-refractivity contribution >= 4 is 6.09 Å². The molecule has 2 atom stereocenters. The summed E-state index contributed by atoms with van der Waals surface area (Å²) in [4.78, 5) is 13.9. The first kappa shape index (κ1) is 18.5. The Morgan fingerprint density at radius 2 is 2.08 bits per heavy atom. The van der Waals surface area contributed by atoms with Crippen LogP contribution in [0.25, 0.3) is 0 Å². The number of likely N-dealkylation sites (tertiary alicyclic amines) is 1. The number of aliphatic hydroxyl groups excluding tert-OH is 1. The highest BCUT2D eigenvalue weighted by Crippen LogP contribution is 2.22. The Morgan fingerprint density at radius 3 is 2.75 bits per heavy atom. The number of para-hydroxylation sites is 1. The second-order valence-corrected chi connectivity index (χ2v) is 7.04. The van der Waals surface area contributed by atoms with Gasteiger partial charge in [0.15, 0.2) is 0 Å². The monoisotopic (exact) mass is 336 g/mol. The zero-order valence-electron chi connectivity index (χ0n) is 14.9. The average molecular weight is 336 g/mol. The van der Waals surface area contributed by atoms with E-state index in [1.54, 1.807) is 12.0 Å². The number of amides is 1. The van der Waals surface area contributed by atoms with E-state index in [1.165, 1.54) is 0 Å². The lowest BCUT2D eigenvalue weighted by atomic mass is 10.1. The van der Waals surface area contributed by atoms with E-state index in [1.807, 2.05) is 45.0 Å². The molecule has 1 aliphatic heterocycles. The zero-order valence-corrected chi connectivity index (χ0v) is 14.9. The molecule has 1 aromatic rings. The minimum Gasteiger partial charge on any atom is -0.496 e. The molecule has 134 valence electrons. The van der Waals surface area contributed by atoms with Crippen LogP contribution in [0.15, 0.2) is 24.3 Å². The molecule has 0 spiro atoms. The van der Waals surface area contributed by atoms with Gasteiger partial charge in [-0.15, -0.1) is 0 Å². The van der Waals surface area contributed by atoms with Gasteiger partial charge in [0.2, 0.25) is 0 Å². The van der Waals surface area contributed by atoms with Gasteiger partial charge in [0, 0.05) is 25.2 Å². The van der Waals surface area contributed by atoms with Crippen LogP contribution in [0.1, 0.15) is 32.8 Å². The summed E-state index contributed by atoms with van der Waals surface area (Å²) in [5.74, 6) is 0.820. The summed E-state index contributed by atoms with van der Waals surface area (Å²) >= 11 is 0. The molecule has 0 saturated carbocycles. The summed E-state index contributed by atoms with van der Waals surface area (Å²) in [5.41, 5.74) is 0.497. The zero-order chi connectivity index (χ0) is 17.7. The molecule has 1 amide bonds. The number of carbonyl (C=O) groups excluding carboxylic acids is 1. The minimum absolute atomic E-state index is 0.283. The number of benzene rings is 1. The maximum atomic E-state index is 12.3. The van der Waals surface area contributed by atoms with Crippen molar-refractivity contribution in [1.82, 2.24) is 10.2 Å². The molecule has 0 unspecified atom stereocenters. The second-order valence-electron chi connectivity index (χ2n) is 7.04. The average Bonchev–Trinajstić information content (AvgIpc) is 2.87. The van der Waals surface area contributed by atoms with Gasteiger partial charge in [-0.3, -0.25) is 0 Å². The van der Waals surface area contributed by atoms with Gasteiger partial charge >= 0.3 is 6.09 Å². The Kier molecular flexibility index (Phi) is 6.07. The lowest BCUT2D eigenvalue weighted by Crippen LogP contribution is -2.47. The SMILES string of the molecule is COc1ccccc1CNC[C@@H]1[C@@H](O)CCN1C(=O)OC(C)(C)C. The van der Waals surface area contributed by atoms with Gasteiger partial charge in [-0.2, -0.15) is 0 Å². The van der Waals surface area contributed by atoms with E-state index in [0.717, 1.165) is 11.3 Å². The van der Waals surface area contributed by atoms with Crippen LogP contribution >= 0.6 is 0 Å². The van der Waals surface area contributed by atoms with Crippen molar-refractivity contribution in [3.63, 3.8) is 0 Å². The van der Waals surface area contributed by atoms with Crippen LogP contribution in [0.4, 0.5) is 4.79 Å². The first-order chi connectivity index (χ1) is 11.3. The predicted molar refractivity (Wildman–Crippen MR) is 92.1 cm³/mol. The largest absolute Gasteiger partial charge is 0.496 e. The molecular formula is C18H28N2O4. The summed E-state index contributed by atoms with van der Waals surface area (Å²) in [6.07, 6.45) is -0.342. The lowest BCUT2D eigenvalue weighted by molar-refractivity contribution is 0.0156. The molecule has 1 heterocycles. The molecule has 2 N–H and O–H groups in total. The quantitative estimate of drug-likeness (QED) is 0.862. The number of hydrogen-bond acceptors (Lipinski definition) is 5. The first-order valence-corrected chi connectivity index (χ1v) is 8.32. The van der Waals surface area contributed by atoms with E-state index >= 15 is 0 Å². The first-order valence-electron chi connectivity index (χ1n) is 8.32. The molecule has 6 heteroatoms. The molecule has 1 aliphatic rings. The number of hydrogen-bond donors (Lipinski definition) is 2. The topological polar surface area (TPSA) is 71.0 Å². The van der Waals surface area contributed by atoms with Crippen molar-refractivity contribution in [2.75, 3.05) is 20.2 Å².